The predicted molar refractivity (Wildman–Crippen MR) is 104 cm³/mol. The van der Waals surface area contributed by atoms with Crippen LogP contribution in [0.1, 0.15) is 22.0 Å². The Morgan fingerprint density at radius 3 is 2.41 bits per heavy atom. The van der Waals surface area contributed by atoms with E-state index in [9.17, 15) is 24.5 Å². The first-order valence-electron chi connectivity index (χ1n) is 8.38. The quantitative estimate of drug-likeness (QED) is 0.418. The average Bonchev–Trinajstić information content (AvgIpc) is 2.70. The van der Waals surface area contributed by atoms with E-state index in [1.807, 2.05) is 0 Å². The summed E-state index contributed by atoms with van der Waals surface area (Å²) in [6.07, 6.45) is -1.16. The number of carbonyl (C=O) groups is 3. The summed E-state index contributed by atoms with van der Waals surface area (Å²) in [5.74, 6) is -2.01. The SMILES string of the molecule is CN(C)C(=O)C(OC(=O)CNC(=O)c1ccc(Cl)c([N+](=O)[O-])c1)c1ccccc1. The fraction of sp³-hybridized carbons (Fsp3) is 0.211. The molecule has 0 aliphatic heterocycles. The monoisotopic (exact) mass is 419 g/mol. The van der Waals surface area contributed by atoms with E-state index < -0.39 is 41.0 Å². The number of carbonyl (C=O) groups excluding carboxylic acids is 3. The van der Waals surface area contributed by atoms with Gasteiger partial charge in [0, 0.05) is 31.3 Å². The van der Waals surface area contributed by atoms with E-state index in [4.69, 9.17) is 16.3 Å². The number of benzene rings is 2. The molecule has 0 radical (unpaired) electrons. The Balaban J connectivity index is 2.05. The van der Waals surface area contributed by atoms with E-state index in [1.54, 1.807) is 30.3 Å². The van der Waals surface area contributed by atoms with Crippen molar-refractivity contribution in [2.45, 2.75) is 6.10 Å². The summed E-state index contributed by atoms with van der Waals surface area (Å²) < 4.78 is 5.25. The highest BCUT2D eigenvalue weighted by molar-refractivity contribution is 6.32. The standard InChI is InChI=1S/C19H18ClN3O6/c1-22(2)19(26)17(12-6-4-3-5-7-12)29-16(24)11-21-18(25)13-8-9-14(20)15(10-13)23(27)28/h3-10,17H,11H2,1-2H3,(H,21,25). The Labute approximate surface area is 171 Å². The Morgan fingerprint density at radius 1 is 1.17 bits per heavy atom. The average molecular weight is 420 g/mol. The van der Waals surface area contributed by atoms with Gasteiger partial charge in [-0.2, -0.15) is 0 Å². The van der Waals surface area contributed by atoms with E-state index in [1.165, 1.54) is 31.1 Å². The lowest BCUT2D eigenvalue weighted by molar-refractivity contribution is -0.384. The van der Waals surface area contributed by atoms with Gasteiger partial charge in [-0.1, -0.05) is 41.9 Å². The van der Waals surface area contributed by atoms with Crippen LogP contribution in [0.25, 0.3) is 0 Å². The Morgan fingerprint density at radius 2 is 1.83 bits per heavy atom. The van der Waals surface area contributed by atoms with Gasteiger partial charge in [-0.15, -0.1) is 0 Å². The van der Waals surface area contributed by atoms with E-state index in [2.05, 4.69) is 5.32 Å². The van der Waals surface area contributed by atoms with Crippen LogP contribution in [0.2, 0.25) is 5.02 Å². The van der Waals surface area contributed by atoms with Gasteiger partial charge in [0.2, 0.25) is 6.10 Å². The normalized spacial score (nSPS) is 11.3. The van der Waals surface area contributed by atoms with Gasteiger partial charge in [0.05, 0.1) is 4.92 Å². The number of nitro groups is 1. The molecule has 2 amide bonds. The minimum absolute atomic E-state index is 0.0436. The van der Waals surface area contributed by atoms with Crippen molar-refractivity contribution < 1.29 is 24.0 Å². The molecule has 0 fully saturated rings. The first kappa shape index (κ1) is 21.8. The molecule has 0 bridgehead atoms. The number of amides is 2. The van der Waals surface area contributed by atoms with Crippen molar-refractivity contribution in [3.63, 3.8) is 0 Å². The molecule has 1 N–H and O–H groups in total. The van der Waals surface area contributed by atoms with Gasteiger partial charge < -0.3 is 15.0 Å². The van der Waals surface area contributed by atoms with Crippen LogP contribution in [0, 0.1) is 10.1 Å². The molecule has 0 aliphatic rings. The van der Waals surface area contributed by atoms with Gasteiger partial charge in [-0.3, -0.25) is 24.5 Å². The molecule has 0 heterocycles. The molecular weight excluding hydrogens is 402 g/mol. The summed E-state index contributed by atoms with van der Waals surface area (Å²) in [5, 5.41) is 13.1. The highest BCUT2D eigenvalue weighted by atomic mass is 35.5. The molecule has 10 heteroatoms. The fourth-order valence-corrected chi connectivity index (χ4v) is 2.53. The molecule has 152 valence electrons. The van der Waals surface area contributed by atoms with Crippen LogP contribution >= 0.6 is 11.6 Å². The first-order chi connectivity index (χ1) is 13.7. The number of hydrogen-bond acceptors (Lipinski definition) is 6. The zero-order valence-corrected chi connectivity index (χ0v) is 16.4. The van der Waals surface area contributed by atoms with Crippen LogP contribution in [0.5, 0.6) is 0 Å². The maximum atomic E-state index is 12.4. The molecule has 29 heavy (non-hydrogen) atoms. The van der Waals surface area contributed by atoms with Gasteiger partial charge in [0.15, 0.2) is 0 Å². The zero-order valence-electron chi connectivity index (χ0n) is 15.6. The summed E-state index contributed by atoms with van der Waals surface area (Å²) in [6.45, 7) is -0.528. The lowest BCUT2D eigenvalue weighted by atomic mass is 10.1. The Hall–Kier alpha value is -3.46. The second-order valence-electron chi connectivity index (χ2n) is 6.12. The number of halogens is 1. The third-order valence-corrected chi connectivity index (χ3v) is 4.13. The molecule has 1 unspecified atom stereocenters. The molecule has 0 aromatic heterocycles. The summed E-state index contributed by atoms with van der Waals surface area (Å²) >= 11 is 5.71. The van der Waals surface area contributed by atoms with Crippen LogP contribution in [-0.2, 0) is 14.3 Å². The van der Waals surface area contributed by atoms with Crippen molar-refractivity contribution in [2.75, 3.05) is 20.6 Å². The first-order valence-corrected chi connectivity index (χ1v) is 8.76. The number of nitrogens with zero attached hydrogens (tertiary/aromatic N) is 2. The maximum absolute atomic E-state index is 12.4. The van der Waals surface area contributed by atoms with Gasteiger partial charge >= 0.3 is 5.97 Å². The second-order valence-corrected chi connectivity index (χ2v) is 6.53. The topological polar surface area (TPSA) is 119 Å². The van der Waals surface area contributed by atoms with Crippen molar-refractivity contribution in [1.82, 2.24) is 10.2 Å². The molecular formula is C19H18ClN3O6. The van der Waals surface area contributed by atoms with Crippen LogP contribution in [0.15, 0.2) is 48.5 Å². The Kier molecular flexibility index (Phi) is 7.27. The van der Waals surface area contributed by atoms with Crippen molar-refractivity contribution in [1.29, 1.82) is 0 Å². The van der Waals surface area contributed by atoms with Gasteiger partial charge in [-0.05, 0) is 12.1 Å². The van der Waals surface area contributed by atoms with Gasteiger partial charge in [0.1, 0.15) is 11.6 Å². The van der Waals surface area contributed by atoms with Crippen molar-refractivity contribution >= 4 is 35.1 Å². The third kappa shape index (κ3) is 5.76. The molecule has 0 aliphatic carbocycles. The summed E-state index contributed by atoms with van der Waals surface area (Å²) in [4.78, 5) is 48.2. The number of rotatable bonds is 7. The largest absolute Gasteiger partial charge is 0.446 e. The molecule has 2 rings (SSSR count). The van der Waals surface area contributed by atoms with Crippen LogP contribution in [0.4, 0.5) is 5.69 Å². The molecule has 2 aromatic rings. The molecule has 9 nitrogen and oxygen atoms in total. The highest BCUT2D eigenvalue weighted by Gasteiger charge is 2.26. The van der Waals surface area contributed by atoms with Crippen molar-refractivity contribution in [3.8, 4) is 0 Å². The van der Waals surface area contributed by atoms with E-state index in [0.29, 0.717) is 5.56 Å². The second kappa shape index (κ2) is 9.65. The molecule has 0 spiro atoms. The smallest absolute Gasteiger partial charge is 0.326 e. The lowest BCUT2D eigenvalue weighted by Gasteiger charge is -2.21. The third-order valence-electron chi connectivity index (χ3n) is 3.81. The Bertz CT molecular complexity index is 933. The number of nitrogens with one attached hydrogen (secondary N) is 1. The summed E-state index contributed by atoms with van der Waals surface area (Å²) in [5.41, 5.74) is 0.0136. The van der Waals surface area contributed by atoms with E-state index >= 15 is 0 Å². The van der Waals surface area contributed by atoms with Crippen molar-refractivity contribution in [2.24, 2.45) is 0 Å². The minimum Gasteiger partial charge on any atom is -0.446 e. The maximum Gasteiger partial charge on any atom is 0.326 e. The zero-order chi connectivity index (χ0) is 21.6. The number of ether oxygens (including phenoxy) is 1. The minimum atomic E-state index is -1.16. The van der Waals surface area contributed by atoms with Crippen LogP contribution in [-0.4, -0.2) is 48.2 Å². The summed E-state index contributed by atoms with van der Waals surface area (Å²) in [7, 11) is 3.06. The molecule has 2 aromatic carbocycles. The predicted octanol–water partition coefficient (Wildman–Crippen LogP) is 2.35. The molecule has 0 saturated carbocycles. The van der Waals surface area contributed by atoms with Gasteiger partial charge in [-0.25, -0.2) is 0 Å². The fourth-order valence-electron chi connectivity index (χ4n) is 2.34. The number of esters is 1. The number of nitro benzene ring substituents is 1. The van der Waals surface area contributed by atoms with Crippen LogP contribution < -0.4 is 5.32 Å². The number of hydrogen-bond donors (Lipinski definition) is 1. The van der Waals surface area contributed by atoms with E-state index in [0.717, 1.165) is 6.07 Å². The van der Waals surface area contributed by atoms with E-state index in [-0.39, 0.29) is 10.6 Å². The lowest BCUT2D eigenvalue weighted by Crippen LogP contribution is -2.35. The van der Waals surface area contributed by atoms with Crippen LogP contribution in [0.3, 0.4) is 0 Å². The highest BCUT2D eigenvalue weighted by Crippen LogP contribution is 2.25. The molecule has 1 atom stereocenters. The molecule has 0 saturated heterocycles. The number of likely N-dealkylation sites (N-methyl/N-ethyl adjacent to an activating group) is 1. The summed E-state index contributed by atoms with van der Waals surface area (Å²) in [6, 6.07) is 12.0. The van der Waals surface area contributed by atoms with Gasteiger partial charge in [0.25, 0.3) is 17.5 Å². The van der Waals surface area contributed by atoms with Crippen molar-refractivity contribution in [3.05, 3.63) is 74.8 Å².